The van der Waals surface area contributed by atoms with Crippen LogP contribution in [0.1, 0.15) is 5.56 Å². The molecule has 0 bridgehead atoms. The Hall–Kier alpha value is -2.27. The number of imidazole rings is 1. The van der Waals surface area contributed by atoms with Crippen LogP contribution < -0.4 is 9.47 Å². The number of aryl methyl sites for hydroxylation is 1. The molecule has 0 radical (unpaired) electrons. The summed E-state index contributed by atoms with van der Waals surface area (Å²) in [5.74, 6) is 1.47. The third-order valence-corrected chi connectivity index (χ3v) is 3.82. The summed E-state index contributed by atoms with van der Waals surface area (Å²) < 4.78 is 13.4. The van der Waals surface area contributed by atoms with Gasteiger partial charge in [-0.2, -0.15) is 0 Å². The fraction of sp³-hybridized carbons (Fsp3) is 0.188. The van der Waals surface area contributed by atoms with E-state index in [2.05, 4.69) is 18.0 Å². The first kappa shape index (κ1) is 13.7. The second kappa shape index (κ2) is 5.26. The second-order valence-corrected chi connectivity index (χ2v) is 5.16. The highest BCUT2D eigenvalue weighted by molar-refractivity contribution is 7.71. The molecule has 1 N–H and O–H groups in total. The molecule has 0 unspecified atom stereocenters. The Morgan fingerprint density at radius 2 is 1.90 bits per heavy atom. The van der Waals surface area contributed by atoms with Crippen LogP contribution in [0.3, 0.4) is 0 Å². The van der Waals surface area contributed by atoms with E-state index in [0.29, 0.717) is 4.77 Å². The molecule has 3 aromatic rings. The molecule has 1 aromatic heterocycles. The molecule has 108 valence electrons. The summed E-state index contributed by atoms with van der Waals surface area (Å²) in [4.78, 5) is 3.24. The Balaban J connectivity index is 2.35. The highest BCUT2D eigenvalue weighted by atomic mass is 32.1. The number of rotatable bonds is 3. The summed E-state index contributed by atoms with van der Waals surface area (Å²) in [6, 6.07) is 11.8. The Bertz CT molecular complexity index is 864. The van der Waals surface area contributed by atoms with Crippen molar-refractivity contribution in [1.29, 1.82) is 0 Å². The number of methoxy groups -OCH3 is 2. The van der Waals surface area contributed by atoms with Crippen molar-refractivity contribution in [2.75, 3.05) is 14.2 Å². The summed E-state index contributed by atoms with van der Waals surface area (Å²) in [6.45, 7) is 2.07. The molecule has 0 amide bonds. The number of H-pyrrole nitrogens is 1. The van der Waals surface area contributed by atoms with E-state index in [9.17, 15) is 0 Å². The first-order chi connectivity index (χ1) is 10.2. The van der Waals surface area contributed by atoms with Crippen molar-refractivity contribution in [3.63, 3.8) is 0 Å². The second-order valence-electron chi connectivity index (χ2n) is 4.77. The number of nitrogens with zero attached hydrogens (tertiary/aromatic N) is 1. The molecular formula is C16H16N2O2S. The third-order valence-electron chi connectivity index (χ3n) is 3.53. The van der Waals surface area contributed by atoms with Gasteiger partial charge in [0.1, 0.15) is 11.5 Å². The molecule has 0 aliphatic carbocycles. The standard InChI is InChI=1S/C16H16N2O2S/c1-10-5-4-6-12-15(10)18(16(21)17-12)13-8-7-11(19-2)9-14(13)20-3/h4-9H,1-3H3,(H,17,21). The normalized spacial score (nSPS) is 10.8. The molecule has 1 heterocycles. The molecule has 0 fully saturated rings. The minimum absolute atomic E-state index is 0.641. The van der Waals surface area contributed by atoms with Crippen molar-refractivity contribution in [2.24, 2.45) is 0 Å². The minimum atomic E-state index is 0.641. The zero-order valence-electron chi connectivity index (χ0n) is 12.1. The van der Waals surface area contributed by atoms with E-state index in [1.165, 1.54) is 0 Å². The van der Waals surface area contributed by atoms with Gasteiger partial charge in [0.15, 0.2) is 4.77 Å². The molecule has 5 heteroatoms. The maximum atomic E-state index is 5.49. The lowest BCUT2D eigenvalue weighted by atomic mass is 10.2. The van der Waals surface area contributed by atoms with Crippen LogP contribution in [0.2, 0.25) is 0 Å². The SMILES string of the molecule is COc1ccc(-n2c(=S)[nH]c3cccc(C)c32)c(OC)c1. The minimum Gasteiger partial charge on any atom is -0.497 e. The molecule has 0 aliphatic heterocycles. The lowest BCUT2D eigenvalue weighted by Crippen LogP contribution is -1.99. The average Bonchev–Trinajstić information content (AvgIpc) is 2.84. The third kappa shape index (κ3) is 2.19. The molecule has 0 aliphatic rings. The van der Waals surface area contributed by atoms with E-state index in [0.717, 1.165) is 33.8 Å². The van der Waals surface area contributed by atoms with Crippen molar-refractivity contribution in [1.82, 2.24) is 9.55 Å². The van der Waals surface area contributed by atoms with Crippen LogP contribution in [0.25, 0.3) is 16.7 Å². The number of aromatic amines is 1. The van der Waals surface area contributed by atoms with Gasteiger partial charge in [0.2, 0.25) is 0 Å². The zero-order valence-corrected chi connectivity index (χ0v) is 13.0. The summed E-state index contributed by atoms with van der Waals surface area (Å²) in [7, 11) is 3.28. The number of hydrogen-bond acceptors (Lipinski definition) is 3. The van der Waals surface area contributed by atoms with Gasteiger partial charge < -0.3 is 14.5 Å². The Morgan fingerprint density at radius 1 is 1.10 bits per heavy atom. The predicted octanol–water partition coefficient (Wildman–Crippen LogP) is 4.01. The summed E-state index contributed by atoms with van der Waals surface area (Å²) in [6.07, 6.45) is 0. The number of nitrogens with one attached hydrogen (secondary N) is 1. The lowest BCUT2D eigenvalue weighted by Gasteiger charge is -2.12. The largest absolute Gasteiger partial charge is 0.497 e. The Labute approximate surface area is 127 Å². The molecule has 0 atom stereocenters. The number of fused-ring (bicyclic) bond motifs is 1. The molecule has 0 saturated carbocycles. The topological polar surface area (TPSA) is 39.2 Å². The summed E-state index contributed by atoms with van der Waals surface area (Å²) in [5.41, 5.74) is 4.12. The van der Waals surface area contributed by atoms with Crippen LogP contribution in [0.4, 0.5) is 0 Å². The van der Waals surface area contributed by atoms with Crippen LogP contribution in [0, 0.1) is 11.7 Å². The number of hydrogen-bond donors (Lipinski definition) is 1. The maximum absolute atomic E-state index is 5.49. The number of benzene rings is 2. The number of ether oxygens (including phenoxy) is 2. The van der Waals surface area contributed by atoms with Gasteiger partial charge in [0, 0.05) is 6.07 Å². The molecule has 0 spiro atoms. The predicted molar refractivity (Wildman–Crippen MR) is 86.3 cm³/mol. The molecule has 21 heavy (non-hydrogen) atoms. The van der Waals surface area contributed by atoms with Gasteiger partial charge >= 0.3 is 0 Å². The molecule has 4 nitrogen and oxygen atoms in total. The van der Waals surface area contributed by atoms with Crippen molar-refractivity contribution in [2.45, 2.75) is 6.92 Å². The fourth-order valence-electron chi connectivity index (χ4n) is 2.53. The summed E-state index contributed by atoms with van der Waals surface area (Å²) >= 11 is 5.48. The van der Waals surface area contributed by atoms with E-state index in [-0.39, 0.29) is 0 Å². The van der Waals surface area contributed by atoms with Gasteiger partial charge in [-0.25, -0.2) is 0 Å². The van der Waals surface area contributed by atoms with Gasteiger partial charge in [-0.05, 0) is 42.9 Å². The number of aromatic nitrogens is 2. The first-order valence-electron chi connectivity index (χ1n) is 6.58. The van der Waals surface area contributed by atoms with Gasteiger partial charge in [0.05, 0.1) is 30.9 Å². The van der Waals surface area contributed by atoms with Gasteiger partial charge in [-0.3, -0.25) is 4.57 Å². The Morgan fingerprint density at radius 3 is 2.62 bits per heavy atom. The molecule has 0 saturated heterocycles. The monoisotopic (exact) mass is 300 g/mol. The summed E-state index contributed by atoms with van der Waals surface area (Å²) in [5, 5.41) is 0. The van der Waals surface area contributed by atoms with Crippen LogP contribution in [-0.2, 0) is 0 Å². The van der Waals surface area contributed by atoms with Gasteiger partial charge in [0.25, 0.3) is 0 Å². The van der Waals surface area contributed by atoms with Crippen molar-refractivity contribution >= 4 is 23.3 Å². The van der Waals surface area contributed by atoms with Gasteiger partial charge in [-0.1, -0.05) is 12.1 Å². The van der Waals surface area contributed by atoms with E-state index < -0.39 is 0 Å². The zero-order chi connectivity index (χ0) is 15.0. The van der Waals surface area contributed by atoms with E-state index in [4.69, 9.17) is 21.7 Å². The van der Waals surface area contributed by atoms with E-state index in [1.54, 1.807) is 14.2 Å². The quantitative estimate of drug-likeness (QED) is 0.743. The first-order valence-corrected chi connectivity index (χ1v) is 6.99. The van der Waals surface area contributed by atoms with Crippen molar-refractivity contribution in [3.05, 3.63) is 46.7 Å². The van der Waals surface area contributed by atoms with E-state index in [1.807, 2.05) is 34.9 Å². The fourth-order valence-corrected chi connectivity index (χ4v) is 2.83. The van der Waals surface area contributed by atoms with Crippen molar-refractivity contribution in [3.8, 4) is 17.2 Å². The lowest BCUT2D eigenvalue weighted by molar-refractivity contribution is 0.393. The van der Waals surface area contributed by atoms with Crippen LogP contribution >= 0.6 is 12.2 Å². The maximum Gasteiger partial charge on any atom is 0.182 e. The van der Waals surface area contributed by atoms with Crippen LogP contribution in [0.15, 0.2) is 36.4 Å². The van der Waals surface area contributed by atoms with Crippen molar-refractivity contribution < 1.29 is 9.47 Å². The molecule has 2 aromatic carbocycles. The van der Waals surface area contributed by atoms with Gasteiger partial charge in [-0.15, -0.1) is 0 Å². The highest BCUT2D eigenvalue weighted by Crippen LogP contribution is 2.31. The smallest absolute Gasteiger partial charge is 0.182 e. The van der Waals surface area contributed by atoms with Crippen LogP contribution in [0.5, 0.6) is 11.5 Å². The molecule has 3 rings (SSSR count). The molecular weight excluding hydrogens is 284 g/mol. The van der Waals surface area contributed by atoms with Crippen LogP contribution in [-0.4, -0.2) is 23.8 Å². The average molecular weight is 300 g/mol. The van der Waals surface area contributed by atoms with E-state index >= 15 is 0 Å². The highest BCUT2D eigenvalue weighted by Gasteiger charge is 2.13. The number of para-hydroxylation sites is 1. The Kier molecular flexibility index (Phi) is 3.43.